The fourth-order valence-corrected chi connectivity index (χ4v) is 4.02. The van der Waals surface area contributed by atoms with E-state index >= 15 is 0 Å². The fraction of sp³-hybridized carbons (Fsp3) is 0.286. The van der Waals surface area contributed by atoms with Gasteiger partial charge in [0.2, 0.25) is 5.91 Å². The summed E-state index contributed by atoms with van der Waals surface area (Å²) in [6, 6.07) is 14.7. The van der Waals surface area contributed by atoms with Crippen LogP contribution in [0.5, 0.6) is 0 Å². The summed E-state index contributed by atoms with van der Waals surface area (Å²) < 4.78 is 1.61. The first-order valence-corrected chi connectivity index (χ1v) is 10.6. The molecule has 0 aliphatic carbocycles. The van der Waals surface area contributed by atoms with E-state index in [1.165, 1.54) is 11.8 Å². The number of carbonyl (C=O) groups excluding carboxylic acids is 1. The molecule has 7 heteroatoms. The highest BCUT2D eigenvalue weighted by Crippen LogP contribution is 2.21. The van der Waals surface area contributed by atoms with Crippen molar-refractivity contribution in [2.45, 2.75) is 38.0 Å². The van der Waals surface area contributed by atoms with Gasteiger partial charge in [-0.1, -0.05) is 54.6 Å². The molecule has 0 fully saturated rings. The van der Waals surface area contributed by atoms with Crippen molar-refractivity contribution in [3.8, 4) is 0 Å². The van der Waals surface area contributed by atoms with Gasteiger partial charge in [0.25, 0.3) is 5.56 Å². The third kappa shape index (κ3) is 4.56. The second-order valence-corrected chi connectivity index (χ2v) is 7.71. The van der Waals surface area contributed by atoms with Gasteiger partial charge in [-0.15, -0.1) is 0 Å². The molecule has 3 rings (SSSR count). The maximum Gasteiger partial charge on any atom is 0.262 e. The maximum absolute atomic E-state index is 12.7. The van der Waals surface area contributed by atoms with Gasteiger partial charge in [-0.2, -0.15) is 0 Å². The zero-order valence-corrected chi connectivity index (χ0v) is 17.4. The van der Waals surface area contributed by atoms with Gasteiger partial charge in [0, 0.05) is 11.6 Å². The number of halogens is 1. The van der Waals surface area contributed by atoms with Gasteiger partial charge in [0.15, 0.2) is 5.16 Å². The quantitative estimate of drug-likeness (QED) is 0.458. The number of thioether (sulfide) groups is 1. The van der Waals surface area contributed by atoms with Gasteiger partial charge in [-0.3, -0.25) is 14.2 Å². The van der Waals surface area contributed by atoms with Gasteiger partial charge in [0.05, 0.1) is 22.7 Å². The lowest BCUT2D eigenvalue weighted by Crippen LogP contribution is -2.30. The van der Waals surface area contributed by atoms with Crippen LogP contribution >= 0.6 is 23.4 Å². The molecular weight excluding hydrogens is 394 g/mol. The lowest BCUT2D eigenvalue weighted by molar-refractivity contribution is -0.119. The molecule has 2 aromatic carbocycles. The number of hydrogen-bond donors (Lipinski definition) is 1. The van der Waals surface area contributed by atoms with E-state index in [1.54, 1.807) is 10.6 Å². The molecular formula is C21H22ClN3O2S. The summed E-state index contributed by atoms with van der Waals surface area (Å²) in [7, 11) is 0. The number of para-hydroxylation sites is 1. The summed E-state index contributed by atoms with van der Waals surface area (Å²) in [6.07, 6.45) is 0.770. The Morgan fingerprint density at radius 3 is 2.57 bits per heavy atom. The first-order valence-electron chi connectivity index (χ1n) is 9.20. The van der Waals surface area contributed by atoms with Crippen LogP contribution in [0, 0.1) is 0 Å². The molecule has 1 N–H and O–H groups in total. The summed E-state index contributed by atoms with van der Waals surface area (Å²) in [5.41, 5.74) is 1.58. The zero-order chi connectivity index (χ0) is 20.1. The van der Waals surface area contributed by atoms with Crippen LogP contribution < -0.4 is 10.9 Å². The highest BCUT2D eigenvalue weighted by atomic mass is 35.5. The standard InChI is InChI=1S/C21H22ClN3O2S/c1-3-17(14-9-11-15(22)12-10-14)23-19(26)13-28-21-24-18-8-6-5-7-16(18)20(27)25(21)4-2/h5-12,17H,3-4,13H2,1-2H3,(H,23,26). The molecule has 28 heavy (non-hydrogen) atoms. The molecule has 0 aliphatic rings. The molecule has 3 aromatic rings. The van der Waals surface area contributed by atoms with Gasteiger partial charge >= 0.3 is 0 Å². The number of hydrogen-bond acceptors (Lipinski definition) is 4. The minimum absolute atomic E-state index is 0.0800. The van der Waals surface area contributed by atoms with Gasteiger partial charge < -0.3 is 5.32 Å². The molecule has 1 amide bonds. The number of carbonyl (C=O) groups is 1. The van der Waals surface area contributed by atoms with Crippen molar-refractivity contribution in [2.24, 2.45) is 0 Å². The fourth-order valence-electron chi connectivity index (χ4n) is 3.02. The molecule has 146 valence electrons. The van der Waals surface area contributed by atoms with E-state index in [2.05, 4.69) is 10.3 Å². The predicted octanol–water partition coefficient (Wildman–Crippen LogP) is 4.43. The molecule has 0 saturated heterocycles. The van der Waals surface area contributed by atoms with Crippen LogP contribution in [0.3, 0.4) is 0 Å². The Kier molecular flexibility index (Phi) is 6.75. The van der Waals surface area contributed by atoms with Crippen molar-refractivity contribution in [1.29, 1.82) is 0 Å². The summed E-state index contributed by atoms with van der Waals surface area (Å²) in [4.78, 5) is 29.7. The Bertz CT molecular complexity index is 1030. The van der Waals surface area contributed by atoms with Crippen LogP contribution in [0.15, 0.2) is 58.5 Å². The van der Waals surface area contributed by atoms with E-state index in [1.807, 2.05) is 56.3 Å². The molecule has 1 aromatic heterocycles. The van der Waals surface area contributed by atoms with E-state index in [9.17, 15) is 9.59 Å². The third-order valence-electron chi connectivity index (χ3n) is 4.49. The third-order valence-corrected chi connectivity index (χ3v) is 5.72. The number of benzene rings is 2. The van der Waals surface area contributed by atoms with Crippen LogP contribution in [0.2, 0.25) is 5.02 Å². The maximum atomic E-state index is 12.7. The van der Waals surface area contributed by atoms with Crippen molar-refractivity contribution in [1.82, 2.24) is 14.9 Å². The molecule has 0 saturated carbocycles. The Hall–Kier alpha value is -2.31. The van der Waals surface area contributed by atoms with Crippen LogP contribution in [0.4, 0.5) is 0 Å². The minimum Gasteiger partial charge on any atom is -0.349 e. The first kappa shape index (κ1) is 20.4. The van der Waals surface area contributed by atoms with Crippen molar-refractivity contribution >= 4 is 40.2 Å². The summed E-state index contributed by atoms with van der Waals surface area (Å²) in [5.74, 6) is 0.0892. The van der Waals surface area contributed by atoms with Crippen molar-refractivity contribution in [2.75, 3.05) is 5.75 Å². The molecule has 0 radical (unpaired) electrons. The molecule has 5 nitrogen and oxygen atoms in total. The number of rotatable bonds is 7. The normalized spacial score (nSPS) is 12.1. The number of nitrogens with zero attached hydrogens (tertiary/aromatic N) is 2. The lowest BCUT2D eigenvalue weighted by Gasteiger charge is -2.18. The Morgan fingerprint density at radius 1 is 1.18 bits per heavy atom. The highest BCUT2D eigenvalue weighted by molar-refractivity contribution is 7.99. The summed E-state index contributed by atoms with van der Waals surface area (Å²) in [6.45, 7) is 4.42. The van der Waals surface area contributed by atoms with Gasteiger partial charge in [-0.05, 0) is 43.2 Å². The average Bonchev–Trinajstić information content (AvgIpc) is 2.71. The SMILES string of the molecule is CCC(NC(=O)CSc1nc2ccccc2c(=O)n1CC)c1ccc(Cl)cc1. The van der Waals surface area contributed by atoms with E-state index in [4.69, 9.17) is 11.6 Å². The Morgan fingerprint density at radius 2 is 1.89 bits per heavy atom. The van der Waals surface area contributed by atoms with E-state index in [0.29, 0.717) is 27.6 Å². The Balaban J connectivity index is 1.73. The van der Waals surface area contributed by atoms with E-state index < -0.39 is 0 Å². The van der Waals surface area contributed by atoms with Crippen molar-refractivity contribution in [3.05, 3.63) is 69.5 Å². The molecule has 1 unspecified atom stereocenters. The lowest BCUT2D eigenvalue weighted by atomic mass is 10.0. The number of fused-ring (bicyclic) bond motifs is 1. The van der Waals surface area contributed by atoms with Gasteiger partial charge in [-0.25, -0.2) is 4.98 Å². The van der Waals surface area contributed by atoms with Crippen LogP contribution in [-0.4, -0.2) is 21.2 Å². The first-order chi connectivity index (χ1) is 13.5. The van der Waals surface area contributed by atoms with Crippen molar-refractivity contribution < 1.29 is 4.79 Å². The van der Waals surface area contributed by atoms with Crippen molar-refractivity contribution in [3.63, 3.8) is 0 Å². The second-order valence-electron chi connectivity index (χ2n) is 6.33. The monoisotopic (exact) mass is 415 g/mol. The molecule has 0 aliphatic heterocycles. The molecule has 0 bridgehead atoms. The van der Waals surface area contributed by atoms with Crippen LogP contribution in [0.1, 0.15) is 31.9 Å². The number of nitrogens with one attached hydrogen (secondary N) is 1. The zero-order valence-electron chi connectivity index (χ0n) is 15.8. The van der Waals surface area contributed by atoms with E-state index in [-0.39, 0.29) is 23.3 Å². The Labute approximate surface area is 173 Å². The molecule has 0 spiro atoms. The topological polar surface area (TPSA) is 64.0 Å². The minimum atomic E-state index is -0.100. The van der Waals surface area contributed by atoms with Crippen LogP contribution in [0.25, 0.3) is 10.9 Å². The molecule has 1 atom stereocenters. The van der Waals surface area contributed by atoms with Gasteiger partial charge in [0.1, 0.15) is 0 Å². The predicted molar refractivity (Wildman–Crippen MR) is 115 cm³/mol. The second kappa shape index (κ2) is 9.26. The largest absolute Gasteiger partial charge is 0.349 e. The molecule has 1 heterocycles. The number of amides is 1. The highest BCUT2D eigenvalue weighted by Gasteiger charge is 2.15. The van der Waals surface area contributed by atoms with Crippen LogP contribution in [-0.2, 0) is 11.3 Å². The van der Waals surface area contributed by atoms with E-state index in [0.717, 1.165) is 12.0 Å². The number of aromatic nitrogens is 2. The smallest absolute Gasteiger partial charge is 0.262 e. The average molecular weight is 416 g/mol. The summed E-state index contributed by atoms with van der Waals surface area (Å²) in [5, 5.41) is 4.86. The summed E-state index contributed by atoms with van der Waals surface area (Å²) >= 11 is 7.22.